The van der Waals surface area contributed by atoms with Crippen LogP contribution in [0, 0.1) is 6.92 Å². The largest absolute Gasteiger partial charge is 0.352 e. The topological polar surface area (TPSA) is 49.4 Å². The third-order valence-corrected chi connectivity index (χ3v) is 6.88. The van der Waals surface area contributed by atoms with Gasteiger partial charge in [0.15, 0.2) is 0 Å². The third kappa shape index (κ3) is 7.13. The molecule has 0 aromatic heterocycles. The first-order valence-corrected chi connectivity index (χ1v) is 12.4. The lowest BCUT2D eigenvalue weighted by atomic mass is 9.95. The lowest BCUT2D eigenvalue weighted by Crippen LogP contribution is -2.52. The zero-order chi connectivity index (χ0) is 22.1. The molecule has 31 heavy (non-hydrogen) atoms. The Morgan fingerprint density at radius 3 is 2.48 bits per heavy atom. The van der Waals surface area contributed by atoms with Crippen LogP contribution in [0.4, 0.5) is 0 Å². The number of benzene rings is 2. The smallest absolute Gasteiger partial charge is 0.243 e. The highest BCUT2D eigenvalue weighted by Crippen LogP contribution is 2.22. The quantitative estimate of drug-likeness (QED) is 0.537. The van der Waals surface area contributed by atoms with E-state index in [0.29, 0.717) is 18.7 Å². The summed E-state index contributed by atoms with van der Waals surface area (Å²) >= 11 is 1.52. The first-order chi connectivity index (χ1) is 15.1. The van der Waals surface area contributed by atoms with Gasteiger partial charge in [0.2, 0.25) is 11.8 Å². The highest BCUT2D eigenvalue weighted by molar-refractivity contribution is 8.00. The van der Waals surface area contributed by atoms with Crippen molar-refractivity contribution in [3.05, 3.63) is 65.7 Å². The molecule has 0 unspecified atom stereocenters. The number of carbonyl (C=O) groups is 2. The normalized spacial score (nSPS) is 15.3. The van der Waals surface area contributed by atoms with E-state index in [1.54, 1.807) is 4.90 Å². The van der Waals surface area contributed by atoms with Gasteiger partial charge in [-0.2, -0.15) is 0 Å². The predicted molar refractivity (Wildman–Crippen MR) is 128 cm³/mol. The van der Waals surface area contributed by atoms with E-state index in [4.69, 9.17) is 0 Å². The molecule has 3 rings (SSSR count). The molecule has 1 atom stereocenters. The van der Waals surface area contributed by atoms with Crippen molar-refractivity contribution >= 4 is 23.6 Å². The van der Waals surface area contributed by atoms with E-state index in [0.717, 1.165) is 28.9 Å². The van der Waals surface area contributed by atoms with E-state index in [-0.39, 0.29) is 17.9 Å². The third-order valence-electron chi connectivity index (χ3n) is 5.88. The molecule has 0 bridgehead atoms. The molecule has 1 aliphatic carbocycles. The molecule has 1 fully saturated rings. The number of amides is 2. The van der Waals surface area contributed by atoms with Crippen molar-refractivity contribution in [1.29, 1.82) is 0 Å². The van der Waals surface area contributed by atoms with E-state index in [1.807, 2.05) is 62.4 Å². The van der Waals surface area contributed by atoms with Gasteiger partial charge in [0.05, 0.1) is 5.75 Å². The number of nitrogens with one attached hydrogen (secondary N) is 1. The first-order valence-electron chi connectivity index (χ1n) is 11.4. The van der Waals surface area contributed by atoms with Crippen LogP contribution < -0.4 is 5.32 Å². The van der Waals surface area contributed by atoms with Gasteiger partial charge in [-0.1, -0.05) is 74.2 Å². The van der Waals surface area contributed by atoms with Gasteiger partial charge in [0.1, 0.15) is 6.04 Å². The van der Waals surface area contributed by atoms with Crippen molar-refractivity contribution in [1.82, 2.24) is 10.2 Å². The van der Waals surface area contributed by atoms with Crippen molar-refractivity contribution in [2.45, 2.75) is 75.9 Å². The molecular formula is C26H34N2O2S. The molecule has 166 valence electrons. The van der Waals surface area contributed by atoms with Crippen LogP contribution in [0.15, 0.2) is 59.5 Å². The molecule has 1 aliphatic rings. The van der Waals surface area contributed by atoms with Gasteiger partial charge in [-0.15, -0.1) is 11.8 Å². The summed E-state index contributed by atoms with van der Waals surface area (Å²) in [5.74, 6) is 0.310. The summed E-state index contributed by atoms with van der Waals surface area (Å²) in [5, 5.41) is 3.24. The van der Waals surface area contributed by atoms with Crippen molar-refractivity contribution in [2.24, 2.45) is 0 Å². The van der Waals surface area contributed by atoms with Crippen molar-refractivity contribution in [3.63, 3.8) is 0 Å². The number of rotatable bonds is 9. The van der Waals surface area contributed by atoms with Crippen molar-refractivity contribution in [2.75, 3.05) is 5.75 Å². The van der Waals surface area contributed by atoms with Gasteiger partial charge < -0.3 is 10.2 Å². The molecular weight excluding hydrogens is 404 g/mol. The van der Waals surface area contributed by atoms with Gasteiger partial charge in [-0.25, -0.2) is 0 Å². The molecule has 4 nitrogen and oxygen atoms in total. The van der Waals surface area contributed by atoms with Crippen LogP contribution in [-0.2, 0) is 16.1 Å². The number of hydrogen-bond donors (Lipinski definition) is 1. The summed E-state index contributed by atoms with van der Waals surface area (Å²) in [5.41, 5.74) is 2.21. The Kier molecular flexibility index (Phi) is 9.01. The molecule has 0 heterocycles. The molecule has 2 amide bonds. The molecule has 0 aliphatic heterocycles. The monoisotopic (exact) mass is 438 g/mol. The Morgan fingerprint density at radius 1 is 1.06 bits per heavy atom. The van der Waals surface area contributed by atoms with Gasteiger partial charge in [0, 0.05) is 17.5 Å². The van der Waals surface area contributed by atoms with Gasteiger partial charge in [-0.3, -0.25) is 9.59 Å². The molecule has 2 aromatic rings. The van der Waals surface area contributed by atoms with Gasteiger partial charge in [0.25, 0.3) is 0 Å². The molecule has 1 saturated carbocycles. The van der Waals surface area contributed by atoms with E-state index in [9.17, 15) is 9.59 Å². The van der Waals surface area contributed by atoms with E-state index >= 15 is 0 Å². The fraction of sp³-hybridized carbons (Fsp3) is 0.462. The average molecular weight is 439 g/mol. The highest BCUT2D eigenvalue weighted by Gasteiger charge is 2.30. The van der Waals surface area contributed by atoms with Crippen LogP contribution in [0.25, 0.3) is 0 Å². The summed E-state index contributed by atoms with van der Waals surface area (Å²) in [6.07, 6.45) is 6.27. The Balaban J connectivity index is 1.74. The molecule has 0 radical (unpaired) electrons. The lowest BCUT2D eigenvalue weighted by Gasteiger charge is -2.32. The minimum Gasteiger partial charge on any atom is -0.352 e. The summed E-state index contributed by atoms with van der Waals surface area (Å²) in [6.45, 7) is 4.49. The number of aryl methyl sites for hydroxylation is 1. The number of carbonyl (C=O) groups excluding carboxylic acids is 2. The maximum absolute atomic E-state index is 13.3. The molecule has 0 spiro atoms. The van der Waals surface area contributed by atoms with Crippen LogP contribution in [0.5, 0.6) is 0 Å². The fourth-order valence-electron chi connectivity index (χ4n) is 4.22. The number of thioether (sulfide) groups is 1. The van der Waals surface area contributed by atoms with Crippen LogP contribution in [-0.4, -0.2) is 34.6 Å². The average Bonchev–Trinajstić information content (AvgIpc) is 2.79. The Morgan fingerprint density at radius 2 is 1.81 bits per heavy atom. The summed E-state index contributed by atoms with van der Waals surface area (Å²) in [7, 11) is 0. The Labute approximate surface area is 190 Å². The van der Waals surface area contributed by atoms with Gasteiger partial charge in [-0.05, 0) is 43.9 Å². The predicted octanol–water partition coefficient (Wildman–Crippen LogP) is 5.34. The zero-order valence-electron chi connectivity index (χ0n) is 18.7. The molecule has 1 N–H and O–H groups in total. The second-order valence-electron chi connectivity index (χ2n) is 8.38. The summed E-state index contributed by atoms with van der Waals surface area (Å²) in [6, 6.07) is 17.9. The second kappa shape index (κ2) is 11.9. The van der Waals surface area contributed by atoms with Crippen molar-refractivity contribution < 1.29 is 9.59 Å². The first kappa shape index (κ1) is 23.4. The van der Waals surface area contributed by atoms with Crippen molar-refractivity contribution in [3.8, 4) is 0 Å². The van der Waals surface area contributed by atoms with E-state index in [1.165, 1.54) is 31.0 Å². The SMILES string of the molecule is CC[C@@H](C(=O)NC1CCCCC1)N(Cc1cccc(C)c1)C(=O)CSc1ccccc1. The summed E-state index contributed by atoms with van der Waals surface area (Å²) < 4.78 is 0. The van der Waals surface area contributed by atoms with Crippen LogP contribution in [0.2, 0.25) is 0 Å². The van der Waals surface area contributed by atoms with Gasteiger partial charge >= 0.3 is 0 Å². The van der Waals surface area contributed by atoms with E-state index in [2.05, 4.69) is 11.4 Å². The molecule has 0 saturated heterocycles. The minimum atomic E-state index is -0.452. The maximum atomic E-state index is 13.3. The lowest BCUT2D eigenvalue weighted by molar-refractivity contribution is -0.139. The number of hydrogen-bond acceptors (Lipinski definition) is 3. The summed E-state index contributed by atoms with van der Waals surface area (Å²) in [4.78, 5) is 29.4. The second-order valence-corrected chi connectivity index (χ2v) is 9.43. The number of nitrogens with zero attached hydrogens (tertiary/aromatic N) is 1. The fourth-order valence-corrected chi connectivity index (χ4v) is 5.02. The maximum Gasteiger partial charge on any atom is 0.243 e. The van der Waals surface area contributed by atoms with E-state index < -0.39 is 6.04 Å². The Hall–Kier alpha value is -2.27. The Bertz CT molecular complexity index is 849. The standard InChI is InChI=1S/C26H34N2O2S/c1-3-24(26(30)27-22-13-6-4-7-14-22)28(18-21-12-10-11-20(2)17-21)25(29)19-31-23-15-8-5-9-16-23/h5,8-12,15-17,22,24H,3-4,6-7,13-14,18-19H2,1-2H3,(H,27,30)/t24-/m0/s1. The minimum absolute atomic E-state index is 0.000929. The molecule has 2 aromatic carbocycles. The highest BCUT2D eigenvalue weighted by atomic mass is 32.2. The van der Waals surface area contributed by atoms with Crippen LogP contribution in [0.1, 0.15) is 56.6 Å². The zero-order valence-corrected chi connectivity index (χ0v) is 19.5. The molecule has 5 heteroatoms. The van der Waals surface area contributed by atoms with Crippen LogP contribution in [0.3, 0.4) is 0 Å². The van der Waals surface area contributed by atoms with Crippen LogP contribution >= 0.6 is 11.8 Å².